The number of aliphatic carboxylic acids is 1. The Kier molecular flexibility index (Phi) is 5.22. The number of carboxylic acids is 1. The number of rotatable bonds is 6. The van der Waals surface area contributed by atoms with Crippen molar-refractivity contribution in [2.75, 3.05) is 0 Å². The highest BCUT2D eigenvalue weighted by molar-refractivity contribution is 5.74. The van der Waals surface area contributed by atoms with Crippen molar-refractivity contribution in [3.8, 4) is 11.3 Å². The minimum Gasteiger partial charge on any atom is -0.481 e. The molecule has 1 aromatic heterocycles. The number of benzene rings is 1. The van der Waals surface area contributed by atoms with Gasteiger partial charge in [-0.2, -0.15) is 18.3 Å². The number of hydrogen-bond acceptors (Lipinski definition) is 3. The van der Waals surface area contributed by atoms with Gasteiger partial charge in [0.1, 0.15) is 0 Å². The summed E-state index contributed by atoms with van der Waals surface area (Å²) >= 11 is 0. The quantitative estimate of drug-likeness (QED) is 0.739. The molecule has 0 fully saturated rings. The highest BCUT2D eigenvalue weighted by Gasteiger charge is 2.33. The van der Waals surface area contributed by atoms with E-state index in [9.17, 15) is 23.1 Å². The summed E-state index contributed by atoms with van der Waals surface area (Å²) in [7, 11) is 0. The van der Waals surface area contributed by atoms with Crippen LogP contribution < -0.4 is 5.32 Å². The van der Waals surface area contributed by atoms with Gasteiger partial charge in [-0.05, 0) is 38.5 Å². The summed E-state index contributed by atoms with van der Waals surface area (Å²) in [6.45, 7) is 5.36. The zero-order valence-corrected chi connectivity index (χ0v) is 14.1. The van der Waals surface area contributed by atoms with Crippen molar-refractivity contribution in [2.24, 2.45) is 5.41 Å². The molecule has 0 spiro atoms. The highest BCUT2D eigenvalue weighted by atomic mass is 19.4. The molecule has 0 aliphatic rings. The maximum atomic E-state index is 12.6. The van der Waals surface area contributed by atoms with Crippen molar-refractivity contribution in [1.82, 2.24) is 15.5 Å². The second-order valence-corrected chi connectivity index (χ2v) is 6.47. The Morgan fingerprint density at radius 2 is 1.88 bits per heavy atom. The van der Waals surface area contributed by atoms with Crippen molar-refractivity contribution >= 4 is 5.97 Å². The van der Waals surface area contributed by atoms with E-state index in [0.29, 0.717) is 17.8 Å². The molecule has 1 aromatic carbocycles. The molecule has 0 amide bonds. The Bertz CT molecular complexity index is 736. The van der Waals surface area contributed by atoms with Gasteiger partial charge in [0.05, 0.1) is 22.9 Å². The number of halogens is 3. The SMILES string of the molecule is CC(NCc1cn[nH]c1-c1ccc(C(F)(F)F)cc1)C(C)(C)C(=O)O. The molecule has 0 aliphatic heterocycles. The van der Waals surface area contributed by atoms with E-state index < -0.39 is 23.1 Å². The number of nitrogens with zero attached hydrogens (tertiary/aromatic N) is 1. The fraction of sp³-hybridized carbons (Fsp3) is 0.412. The molecule has 8 heteroatoms. The highest BCUT2D eigenvalue weighted by Crippen LogP contribution is 2.31. The first-order valence-corrected chi connectivity index (χ1v) is 7.70. The normalized spacial score (nSPS) is 13.7. The number of aromatic amines is 1. The van der Waals surface area contributed by atoms with Gasteiger partial charge in [-0.15, -0.1) is 0 Å². The lowest BCUT2D eigenvalue weighted by atomic mass is 9.85. The summed E-state index contributed by atoms with van der Waals surface area (Å²) in [6.07, 6.45) is -2.81. The molecule has 2 rings (SSSR count). The molecule has 1 heterocycles. The predicted molar refractivity (Wildman–Crippen MR) is 86.7 cm³/mol. The number of H-pyrrole nitrogens is 1. The molecule has 0 aliphatic carbocycles. The summed E-state index contributed by atoms with van der Waals surface area (Å²) in [5.74, 6) is -0.914. The first-order chi connectivity index (χ1) is 11.5. The van der Waals surface area contributed by atoms with E-state index in [1.807, 2.05) is 0 Å². The number of carbonyl (C=O) groups is 1. The molecular formula is C17H20F3N3O2. The summed E-state index contributed by atoms with van der Waals surface area (Å²) in [5, 5.41) is 19.1. The molecule has 0 saturated carbocycles. The fourth-order valence-corrected chi connectivity index (χ4v) is 2.22. The molecule has 136 valence electrons. The number of carboxylic acid groups (broad SMARTS) is 1. The van der Waals surface area contributed by atoms with Gasteiger partial charge in [0, 0.05) is 18.2 Å². The van der Waals surface area contributed by atoms with Crippen LogP contribution in [0.15, 0.2) is 30.5 Å². The van der Waals surface area contributed by atoms with Gasteiger partial charge in [0.25, 0.3) is 0 Å². The largest absolute Gasteiger partial charge is 0.481 e. The van der Waals surface area contributed by atoms with E-state index in [0.717, 1.165) is 17.7 Å². The molecule has 1 unspecified atom stereocenters. The predicted octanol–water partition coefficient (Wildman–Crippen LogP) is 3.68. The zero-order valence-electron chi connectivity index (χ0n) is 14.1. The minimum absolute atomic E-state index is 0.319. The summed E-state index contributed by atoms with van der Waals surface area (Å²) in [6, 6.07) is 4.47. The third-order valence-electron chi connectivity index (χ3n) is 4.45. The molecule has 0 bridgehead atoms. The van der Waals surface area contributed by atoms with Crippen LogP contribution in [0.5, 0.6) is 0 Å². The Hall–Kier alpha value is -2.35. The Morgan fingerprint density at radius 1 is 1.28 bits per heavy atom. The van der Waals surface area contributed by atoms with E-state index in [4.69, 9.17) is 0 Å². The third-order valence-corrected chi connectivity index (χ3v) is 4.45. The fourth-order valence-electron chi connectivity index (χ4n) is 2.22. The molecule has 0 radical (unpaired) electrons. The first-order valence-electron chi connectivity index (χ1n) is 7.70. The standard InChI is InChI=1S/C17H20F3N3O2/c1-10(16(2,3)15(24)25)21-8-12-9-22-23-14(12)11-4-6-13(7-5-11)17(18,19)20/h4-7,9-10,21H,8H2,1-3H3,(H,22,23)(H,24,25). The van der Waals surface area contributed by atoms with Crippen LogP contribution in [0.4, 0.5) is 13.2 Å². The van der Waals surface area contributed by atoms with Crippen LogP contribution in [0.25, 0.3) is 11.3 Å². The number of hydrogen-bond donors (Lipinski definition) is 3. The molecule has 2 aromatic rings. The maximum absolute atomic E-state index is 12.6. The second kappa shape index (κ2) is 6.87. The van der Waals surface area contributed by atoms with Crippen molar-refractivity contribution < 1.29 is 23.1 Å². The van der Waals surface area contributed by atoms with Crippen LogP contribution in [-0.2, 0) is 17.5 Å². The van der Waals surface area contributed by atoms with Gasteiger partial charge in [-0.1, -0.05) is 12.1 Å². The summed E-state index contributed by atoms with van der Waals surface area (Å²) in [4.78, 5) is 11.3. The van der Waals surface area contributed by atoms with Gasteiger partial charge >= 0.3 is 12.1 Å². The van der Waals surface area contributed by atoms with Crippen LogP contribution in [0.2, 0.25) is 0 Å². The van der Waals surface area contributed by atoms with E-state index in [1.54, 1.807) is 27.0 Å². The Morgan fingerprint density at radius 3 is 2.40 bits per heavy atom. The monoisotopic (exact) mass is 355 g/mol. The van der Waals surface area contributed by atoms with E-state index >= 15 is 0 Å². The van der Waals surface area contributed by atoms with Gasteiger partial charge in [-0.3, -0.25) is 9.89 Å². The second-order valence-electron chi connectivity index (χ2n) is 6.47. The molecule has 5 nitrogen and oxygen atoms in total. The van der Waals surface area contributed by atoms with Crippen LogP contribution in [0.1, 0.15) is 31.9 Å². The van der Waals surface area contributed by atoms with Crippen LogP contribution in [0, 0.1) is 5.41 Å². The van der Waals surface area contributed by atoms with Crippen molar-refractivity contribution in [1.29, 1.82) is 0 Å². The van der Waals surface area contributed by atoms with Gasteiger partial charge in [0.2, 0.25) is 0 Å². The van der Waals surface area contributed by atoms with E-state index in [-0.39, 0.29) is 6.04 Å². The lowest BCUT2D eigenvalue weighted by Crippen LogP contribution is -2.44. The van der Waals surface area contributed by atoms with E-state index in [1.165, 1.54) is 12.1 Å². The Labute approximate surface area is 143 Å². The van der Waals surface area contributed by atoms with Crippen molar-refractivity contribution in [3.05, 3.63) is 41.6 Å². The lowest BCUT2D eigenvalue weighted by molar-refractivity contribution is -0.148. The molecule has 1 atom stereocenters. The average molecular weight is 355 g/mol. The third kappa shape index (κ3) is 4.19. The van der Waals surface area contributed by atoms with Crippen molar-refractivity contribution in [2.45, 2.75) is 39.5 Å². The van der Waals surface area contributed by atoms with Gasteiger partial charge in [-0.25, -0.2) is 0 Å². The van der Waals surface area contributed by atoms with Gasteiger partial charge in [0.15, 0.2) is 0 Å². The maximum Gasteiger partial charge on any atom is 0.416 e. The summed E-state index contributed by atoms with van der Waals surface area (Å²) < 4.78 is 37.9. The lowest BCUT2D eigenvalue weighted by Gasteiger charge is -2.28. The summed E-state index contributed by atoms with van der Waals surface area (Å²) in [5.41, 5.74) is 0.243. The topological polar surface area (TPSA) is 78.0 Å². The number of aromatic nitrogens is 2. The number of nitrogens with one attached hydrogen (secondary N) is 2. The van der Waals surface area contributed by atoms with Crippen LogP contribution in [-0.4, -0.2) is 27.3 Å². The smallest absolute Gasteiger partial charge is 0.416 e. The Balaban J connectivity index is 2.14. The zero-order chi connectivity index (χ0) is 18.8. The molecular weight excluding hydrogens is 335 g/mol. The molecule has 0 saturated heterocycles. The molecule has 25 heavy (non-hydrogen) atoms. The van der Waals surface area contributed by atoms with Crippen LogP contribution in [0.3, 0.4) is 0 Å². The van der Waals surface area contributed by atoms with Crippen LogP contribution >= 0.6 is 0 Å². The molecule has 3 N–H and O–H groups in total. The van der Waals surface area contributed by atoms with Crippen molar-refractivity contribution in [3.63, 3.8) is 0 Å². The van der Waals surface area contributed by atoms with E-state index in [2.05, 4.69) is 15.5 Å². The number of alkyl halides is 3. The average Bonchev–Trinajstić information content (AvgIpc) is 3.00. The van der Waals surface area contributed by atoms with Gasteiger partial charge < -0.3 is 10.4 Å². The first kappa shape index (κ1) is 19.0. The minimum atomic E-state index is -4.38.